The summed E-state index contributed by atoms with van der Waals surface area (Å²) in [4.78, 5) is 2.37. The number of benzene rings is 1. The molecule has 1 saturated heterocycles. The molecule has 118 valence electrons. The SMILES string of the molecule is COC1CCCN(c2c(Cl)cccc2CNC(C)(C)C)C1. The number of rotatable bonds is 4. The summed E-state index contributed by atoms with van der Waals surface area (Å²) >= 11 is 6.49. The summed E-state index contributed by atoms with van der Waals surface area (Å²) < 4.78 is 5.54. The number of hydrogen-bond acceptors (Lipinski definition) is 3. The van der Waals surface area contributed by atoms with Crippen molar-refractivity contribution in [3.8, 4) is 0 Å². The minimum absolute atomic E-state index is 0.0938. The van der Waals surface area contributed by atoms with Crippen molar-refractivity contribution in [3.05, 3.63) is 28.8 Å². The molecule has 1 heterocycles. The summed E-state index contributed by atoms with van der Waals surface area (Å²) in [5.41, 5.74) is 2.52. The molecule has 0 saturated carbocycles. The van der Waals surface area contributed by atoms with Crippen molar-refractivity contribution >= 4 is 17.3 Å². The number of nitrogens with one attached hydrogen (secondary N) is 1. The highest BCUT2D eigenvalue weighted by Crippen LogP contribution is 2.32. The van der Waals surface area contributed by atoms with E-state index < -0.39 is 0 Å². The maximum Gasteiger partial charge on any atom is 0.0746 e. The molecule has 0 bridgehead atoms. The molecule has 2 rings (SSSR count). The molecule has 21 heavy (non-hydrogen) atoms. The van der Waals surface area contributed by atoms with Crippen LogP contribution in [0.2, 0.25) is 5.02 Å². The standard InChI is InChI=1S/C17H27ClN2O/c1-17(2,3)19-11-13-7-5-9-15(18)16(13)20-10-6-8-14(12-20)21-4/h5,7,9,14,19H,6,8,10-12H2,1-4H3. The smallest absolute Gasteiger partial charge is 0.0746 e. The van der Waals surface area contributed by atoms with Gasteiger partial charge in [0, 0.05) is 32.3 Å². The van der Waals surface area contributed by atoms with E-state index in [1.807, 2.05) is 12.1 Å². The summed E-state index contributed by atoms with van der Waals surface area (Å²) in [6.45, 7) is 9.33. The molecule has 1 aromatic carbocycles. The number of anilines is 1. The third kappa shape index (κ3) is 4.60. The maximum atomic E-state index is 6.49. The summed E-state index contributed by atoms with van der Waals surface area (Å²) in [6, 6.07) is 6.17. The van der Waals surface area contributed by atoms with E-state index in [0.29, 0.717) is 6.10 Å². The Balaban J connectivity index is 2.21. The highest BCUT2D eigenvalue weighted by Gasteiger charge is 2.23. The fourth-order valence-corrected chi connectivity index (χ4v) is 3.06. The van der Waals surface area contributed by atoms with Gasteiger partial charge in [-0.2, -0.15) is 0 Å². The van der Waals surface area contributed by atoms with Gasteiger partial charge in [0.15, 0.2) is 0 Å². The number of piperidine rings is 1. The van der Waals surface area contributed by atoms with Gasteiger partial charge in [-0.15, -0.1) is 0 Å². The zero-order valence-corrected chi connectivity index (χ0v) is 14.3. The molecule has 0 spiro atoms. The van der Waals surface area contributed by atoms with Gasteiger partial charge in [0.2, 0.25) is 0 Å². The van der Waals surface area contributed by atoms with Crippen LogP contribution in [0, 0.1) is 0 Å². The Morgan fingerprint density at radius 2 is 2.14 bits per heavy atom. The lowest BCUT2D eigenvalue weighted by atomic mass is 10.0. The van der Waals surface area contributed by atoms with Crippen molar-refractivity contribution in [1.82, 2.24) is 5.32 Å². The molecule has 0 aromatic heterocycles. The van der Waals surface area contributed by atoms with Gasteiger partial charge in [-0.3, -0.25) is 0 Å². The maximum absolute atomic E-state index is 6.49. The average Bonchev–Trinajstić information content (AvgIpc) is 2.44. The molecule has 0 radical (unpaired) electrons. The molecule has 0 aliphatic carbocycles. The van der Waals surface area contributed by atoms with E-state index in [0.717, 1.165) is 43.2 Å². The first-order valence-electron chi connectivity index (χ1n) is 7.71. The van der Waals surface area contributed by atoms with Crippen LogP contribution in [0.25, 0.3) is 0 Å². The van der Waals surface area contributed by atoms with Crippen LogP contribution in [-0.4, -0.2) is 31.8 Å². The number of para-hydroxylation sites is 1. The quantitative estimate of drug-likeness (QED) is 0.914. The predicted molar refractivity (Wildman–Crippen MR) is 90.3 cm³/mol. The van der Waals surface area contributed by atoms with Gasteiger partial charge in [-0.25, -0.2) is 0 Å². The van der Waals surface area contributed by atoms with Gasteiger partial charge >= 0.3 is 0 Å². The number of ether oxygens (including phenoxy) is 1. The minimum atomic E-state index is 0.0938. The minimum Gasteiger partial charge on any atom is -0.380 e. The predicted octanol–water partition coefficient (Wildman–Crippen LogP) is 3.84. The zero-order valence-electron chi connectivity index (χ0n) is 13.6. The van der Waals surface area contributed by atoms with Gasteiger partial charge in [0.05, 0.1) is 16.8 Å². The first-order chi connectivity index (χ1) is 9.90. The van der Waals surface area contributed by atoms with Crippen molar-refractivity contribution in [2.45, 2.75) is 51.8 Å². The summed E-state index contributed by atoms with van der Waals surface area (Å²) in [6.07, 6.45) is 2.58. The second-order valence-corrected chi connectivity index (χ2v) is 7.20. The molecule has 1 unspecified atom stereocenters. The first kappa shape index (κ1) is 16.6. The van der Waals surface area contributed by atoms with Gasteiger partial charge in [0.1, 0.15) is 0 Å². The molecule has 4 heteroatoms. The normalized spacial score (nSPS) is 19.9. The van der Waals surface area contributed by atoms with Crippen LogP contribution in [0.5, 0.6) is 0 Å². The zero-order chi connectivity index (χ0) is 15.5. The van der Waals surface area contributed by atoms with Crippen molar-refractivity contribution in [2.24, 2.45) is 0 Å². The lowest BCUT2D eigenvalue weighted by molar-refractivity contribution is 0.0893. The van der Waals surface area contributed by atoms with Crippen LogP contribution in [0.15, 0.2) is 18.2 Å². The molecule has 1 aliphatic rings. The second-order valence-electron chi connectivity index (χ2n) is 6.80. The van der Waals surface area contributed by atoms with Gasteiger partial charge in [-0.1, -0.05) is 23.7 Å². The lowest BCUT2D eigenvalue weighted by Gasteiger charge is -2.35. The Kier molecular flexibility index (Phi) is 5.53. The van der Waals surface area contributed by atoms with E-state index in [2.05, 4.69) is 37.1 Å². The first-order valence-corrected chi connectivity index (χ1v) is 8.08. The van der Waals surface area contributed by atoms with Crippen molar-refractivity contribution in [3.63, 3.8) is 0 Å². The molecule has 1 atom stereocenters. The third-order valence-corrected chi connectivity index (χ3v) is 4.21. The molecular weight excluding hydrogens is 284 g/mol. The Morgan fingerprint density at radius 1 is 1.38 bits per heavy atom. The topological polar surface area (TPSA) is 24.5 Å². The van der Waals surface area contributed by atoms with Crippen LogP contribution >= 0.6 is 11.6 Å². The van der Waals surface area contributed by atoms with Gasteiger partial charge in [-0.05, 0) is 45.2 Å². The Bertz CT molecular complexity index is 470. The fraction of sp³-hybridized carbons (Fsp3) is 0.647. The Morgan fingerprint density at radius 3 is 2.81 bits per heavy atom. The fourth-order valence-electron chi connectivity index (χ4n) is 2.75. The second kappa shape index (κ2) is 6.99. The number of hydrogen-bond donors (Lipinski definition) is 1. The molecule has 1 N–H and O–H groups in total. The lowest BCUT2D eigenvalue weighted by Crippen LogP contribution is -2.40. The van der Waals surface area contributed by atoms with Crippen molar-refractivity contribution in [2.75, 3.05) is 25.1 Å². The molecule has 3 nitrogen and oxygen atoms in total. The van der Waals surface area contributed by atoms with Crippen LogP contribution in [-0.2, 0) is 11.3 Å². The number of nitrogens with zero attached hydrogens (tertiary/aromatic N) is 1. The van der Waals surface area contributed by atoms with Gasteiger partial charge in [0.25, 0.3) is 0 Å². The average molecular weight is 311 g/mol. The highest BCUT2D eigenvalue weighted by molar-refractivity contribution is 6.33. The van der Waals surface area contributed by atoms with Gasteiger partial charge < -0.3 is 15.0 Å². The molecule has 0 amide bonds. The summed E-state index contributed by atoms with van der Waals surface area (Å²) in [5, 5.41) is 4.39. The largest absolute Gasteiger partial charge is 0.380 e. The van der Waals surface area contributed by atoms with E-state index in [9.17, 15) is 0 Å². The van der Waals surface area contributed by atoms with E-state index >= 15 is 0 Å². The van der Waals surface area contributed by atoms with E-state index in [4.69, 9.17) is 16.3 Å². The summed E-state index contributed by atoms with van der Waals surface area (Å²) in [7, 11) is 1.79. The van der Waals surface area contributed by atoms with E-state index in [-0.39, 0.29) is 5.54 Å². The van der Waals surface area contributed by atoms with Crippen LogP contribution in [0.1, 0.15) is 39.2 Å². The van der Waals surface area contributed by atoms with E-state index in [1.165, 1.54) is 5.56 Å². The Hall–Kier alpha value is -0.770. The number of halogens is 1. The highest BCUT2D eigenvalue weighted by atomic mass is 35.5. The number of methoxy groups -OCH3 is 1. The van der Waals surface area contributed by atoms with Crippen LogP contribution < -0.4 is 10.2 Å². The molecule has 1 aromatic rings. The monoisotopic (exact) mass is 310 g/mol. The van der Waals surface area contributed by atoms with E-state index in [1.54, 1.807) is 7.11 Å². The third-order valence-electron chi connectivity index (χ3n) is 3.91. The summed E-state index contributed by atoms with van der Waals surface area (Å²) in [5.74, 6) is 0. The molecule has 1 aliphatic heterocycles. The van der Waals surface area contributed by atoms with Crippen LogP contribution in [0.4, 0.5) is 5.69 Å². The van der Waals surface area contributed by atoms with Crippen molar-refractivity contribution < 1.29 is 4.74 Å². The molecular formula is C17H27ClN2O. The van der Waals surface area contributed by atoms with Crippen LogP contribution in [0.3, 0.4) is 0 Å². The molecule has 1 fully saturated rings. The van der Waals surface area contributed by atoms with Crippen molar-refractivity contribution in [1.29, 1.82) is 0 Å². The Labute approximate surface area is 133 Å².